The number of nitrogens with one attached hydrogen (secondary N) is 2. The van der Waals surface area contributed by atoms with Crippen LogP contribution in [0.15, 0.2) is 78.0 Å². The van der Waals surface area contributed by atoms with Crippen LogP contribution in [0.2, 0.25) is 0 Å². The molecule has 0 radical (unpaired) electrons. The van der Waals surface area contributed by atoms with E-state index in [4.69, 9.17) is 0 Å². The molecule has 204 valence electrons. The number of carbonyl (C=O) groups excluding carboxylic acids is 3. The Morgan fingerprint density at radius 3 is 2.42 bits per heavy atom. The summed E-state index contributed by atoms with van der Waals surface area (Å²) in [5.41, 5.74) is 1.87. The zero-order valence-corrected chi connectivity index (χ0v) is 22.3. The molecular weight excluding hydrogens is 513 g/mol. The van der Waals surface area contributed by atoms with E-state index in [-0.39, 0.29) is 41.4 Å². The molecule has 4 rings (SSSR count). The van der Waals surface area contributed by atoms with Gasteiger partial charge in [-0.25, -0.2) is 9.37 Å². The number of amides is 2. The molecule has 2 aromatic carbocycles. The van der Waals surface area contributed by atoms with E-state index < -0.39 is 11.4 Å². The van der Waals surface area contributed by atoms with Crippen LogP contribution in [-0.4, -0.2) is 39.2 Å². The van der Waals surface area contributed by atoms with Gasteiger partial charge in [0.05, 0.1) is 18.4 Å². The summed E-state index contributed by atoms with van der Waals surface area (Å²) in [5.74, 6) is -1.89. The zero-order valence-electron chi connectivity index (χ0n) is 22.3. The number of hydrogen-bond acceptors (Lipinski definition) is 6. The van der Waals surface area contributed by atoms with E-state index in [2.05, 4.69) is 20.6 Å². The first-order chi connectivity index (χ1) is 19.2. The lowest BCUT2D eigenvalue weighted by atomic mass is 10.0. The molecule has 0 saturated carbocycles. The highest BCUT2D eigenvalue weighted by Crippen LogP contribution is 2.22. The first kappa shape index (κ1) is 28.0. The lowest BCUT2D eigenvalue weighted by Crippen LogP contribution is -2.30. The first-order valence-electron chi connectivity index (χ1n) is 12.7. The van der Waals surface area contributed by atoms with Gasteiger partial charge in [0.15, 0.2) is 11.6 Å². The first-order valence-corrected chi connectivity index (χ1v) is 12.7. The van der Waals surface area contributed by atoms with Gasteiger partial charge in [0.1, 0.15) is 5.82 Å². The molecule has 0 aliphatic rings. The van der Waals surface area contributed by atoms with Gasteiger partial charge in [0.25, 0.3) is 11.5 Å². The van der Waals surface area contributed by atoms with Gasteiger partial charge in [0.2, 0.25) is 5.91 Å². The van der Waals surface area contributed by atoms with Gasteiger partial charge in [-0.15, -0.1) is 0 Å². The van der Waals surface area contributed by atoms with Gasteiger partial charge < -0.3 is 10.6 Å². The Morgan fingerprint density at radius 1 is 0.975 bits per heavy atom. The van der Waals surface area contributed by atoms with Gasteiger partial charge in [-0.3, -0.25) is 28.7 Å². The third-order valence-electron chi connectivity index (χ3n) is 6.51. The minimum Gasteiger partial charge on any atom is -0.355 e. The Bertz CT molecular complexity index is 1630. The van der Waals surface area contributed by atoms with Crippen LogP contribution in [0.1, 0.15) is 52.1 Å². The molecule has 10 heteroatoms. The maximum Gasteiger partial charge on any atom is 0.294 e. The topological polar surface area (TPSA) is 123 Å². The summed E-state index contributed by atoms with van der Waals surface area (Å²) in [6, 6.07) is 13.5. The van der Waals surface area contributed by atoms with Crippen molar-refractivity contribution in [3.05, 3.63) is 112 Å². The van der Waals surface area contributed by atoms with Gasteiger partial charge >= 0.3 is 0 Å². The van der Waals surface area contributed by atoms with E-state index in [0.717, 1.165) is 0 Å². The summed E-state index contributed by atoms with van der Waals surface area (Å²) in [4.78, 5) is 59.8. The number of rotatable bonds is 9. The molecule has 40 heavy (non-hydrogen) atoms. The third-order valence-corrected chi connectivity index (χ3v) is 6.51. The number of anilines is 1. The van der Waals surface area contributed by atoms with Gasteiger partial charge in [-0.1, -0.05) is 26.0 Å². The minimum atomic E-state index is -0.560. The molecule has 0 saturated heterocycles. The van der Waals surface area contributed by atoms with Crippen LogP contribution in [0.4, 0.5) is 10.2 Å². The van der Waals surface area contributed by atoms with Crippen molar-refractivity contribution in [1.82, 2.24) is 19.9 Å². The second-order valence-corrected chi connectivity index (χ2v) is 9.26. The highest BCUT2D eigenvalue weighted by molar-refractivity contribution is 6.08. The Hall–Kier alpha value is -4.99. The Labute approximate surface area is 230 Å². The summed E-state index contributed by atoms with van der Waals surface area (Å²) in [6.45, 7) is 3.61. The number of pyridine rings is 1. The fourth-order valence-corrected chi connectivity index (χ4v) is 4.00. The maximum atomic E-state index is 13.6. The van der Waals surface area contributed by atoms with Crippen molar-refractivity contribution in [3.63, 3.8) is 0 Å². The molecule has 0 fully saturated rings. The molecule has 9 nitrogen and oxygen atoms in total. The molecule has 4 aromatic rings. The number of ketones is 1. The predicted octanol–water partition coefficient (Wildman–Crippen LogP) is 4.07. The lowest BCUT2D eigenvalue weighted by molar-refractivity contribution is -0.119. The zero-order chi connectivity index (χ0) is 28.8. The standard InChI is InChI=1S/C30H28FN5O4/c1-4-18(2)28(38)35-27-30(40)36(25(16-34-27)21-6-5-7-22(13-21)29(39)32-3)17-19-12-23(15-33-14-19)26(37)20-8-10-24(31)11-9-20/h5-16,18H,4,17H2,1-3H3,(H,32,39)(H,34,35,38)/t18-/m1/s1. The van der Waals surface area contributed by atoms with Crippen molar-refractivity contribution in [3.8, 4) is 11.3 Å². The van der Waals surface area contributed by atoms with Gasteiger partial charge in [-0.2, -0.15) is 0 Å². The van der Waals surface area contributed by atoms with Gasteiger partial charge in [-0.05, 0) is 54.4 Å². The number of aromatic nitrogens is 3. The normalized spacial score (nSPS) is 11.5. The molecule has 2 amide bonds. The molecule has 2 heterocycles. The SMILES string of the molecule is CC[C@@H](C)C(=O)Nc1ncc(-c2cccc(C(=O)NC)c2)n(Cc2cncc(C(=O)c3ccc(F)cc3)c2)c1=O. The number of benzene rings is 2. The van der Waals surface area contributed by atoms with Crippen LogP contribution in [0.5, 0.6) is 0 Å². The molecule has 0 aliphatic carbocycles. The van der Waals surface area contributed by atoms with E-state index >= 15 is 0 Å². The fraction of sp³-hybridized carbons (Fsp3) is 0.200. The highest BCUT2D eigenvalue weighted by Gasteiger charge is 2.19. The number of hydrogen-bond donors (Lipinski definition) is 2. The molecule has 0 unspecified atom stereocenters. The summed E-state index contributed by atoms with van der Waals surface area (Å²) in [5, 5.41) is 5.19. The average molecular weight is 542 g/mol. The monoisotopic (exact) mass is 541 g/mol. The van der Waals surface area contributed by atoms with Gasteiger partial charge in [0, 0.05) is 47.6 Å². The van der Waals surface area contributed by atoms with Crippen molar-refractivity contribution in [2.75, 3.05) is 12.4 Å². The Morgan fingerprint density at radius 2 is 1.73 bits per heavy atom. The Kier molecular flexibility index (Phi) is 8.58. The van der Waals surface area contributed by atoms with Crippen molar-refractivity contribution in [2.24, 2.45) is 5.92 Å². The van der Waals surface area contributed by atoms with Crippen LogP contribution in [0.25, 0.3) is 11.3 Å². The summed E-state index contributed by atoms with van der Waals surface area (Å²) in [6.07, 6.45) is 4.97. The second-order valence-electron chi connectivity index (χ2n) is 9.26. The molecule has 0 aliphatic heterocycles. The van der Waals surface area contributed by atoms with Crippen molar-refractivity contribution in [1.29, 1.82) is 0 Å². The van der Waals surface area contributed by atoms with E-state index in [1.807, 2.05) is 6.92 Å². The largest absolute Gasteiger partial charge is 0.355 e. The van der Waals surface area contributed by atoms with Crippen LogP contribution in [-0.2, 0) is 11.3 Å². The van der Waals surface area contributed by atoms with E-state index in [0.29, 0.717) is 34.4 Å². The smallest absolute Gasteiger partial charge is 0.294 e. The highest BCUT2D eigenvalue weighted by atomic mass is 19.1. The van der Waals surface area contributed by atoms with Crippen LogP contribution < -0.4 is 16.2 Å². The molecule has 1 atom stereocenters. The number of carbonyl (C=O) groups is 3. The van der Waals surface area contributed by atoms with Crippen molar-refractivity contribution >= 4 is 23.4 Å². The van der Waals surface area contributed by atoms with E-state index in [1.165, 1.54) is 54.5 Å². The molecule has 2 N–H and O–H groups in total. The van der Waals surface area contributed by atoms with Crippen molar-refractivity contribution in [2.45, 2.75) is 26.8 Å². The molecule has 2 aromatic heterocycles. The summed E-state index contributed by atoms with van der Waals surface area (Å²) in [7, 11) is 1.52. The fourth-order valence-electron chi connectivity index (χ4n) is 4.00. The average Bonchev–Trinajstić information content (AvgIpc) is 2.98. The van der Waals surface area contributed by atoms with E-state index in [9.17, 15) is 23.6 Å². The van der Waals surface area contributed by atoms with Crippen LogP contribution in [0, 0.1) is 11.7 Å². The lowest BCUT2D eigenvalue weighted by Gasteiger charge is -2.16. The summed E-state index contributed by atoms with van der Waals surface area (Å²) < 4.78 is 14.7. The Balaban J connectivity index is 1.78. The van der Waals surface area contributed by atoms with E-state index in [1.54, 1.807) is 37.3 Å². The third kappa shape index (κ3) is 6.17. The quantitative estimate of drug-likeness (QED) is 0.308. The maximum absolute atomic E-state index is 13.6. The van der Waals surface area contributed by atoms with Crippen LogP contribution >= 0.6 is 0 Å². The second kappa shape index (κ2) is 12.2. The predicted molar refractivity (Wildman–Crippen MR) is 149 cm³/mol. The minimum absolute atomic E-state index is 0.00930. The number of halogens is 1. The van der Waals surface area contributed by atoms with Crippen molar-refractivity contribution < 1.29 is 18.8 Å². The number of nitrogens with zero attached hydrogens (tertiary/aromatic N) is 3. The molecule has 0 bridgehead atoms. The van der Waals surface area contributed by atoms with Crippen LogP contribution in [0.3, 0.4) is 0 Å². The molecule has 0 spiro atoms. The molecular formula is C30H28FN5O4. The summed E-state index contributed by atoms with van der Waals surface area (Å²) >= 11 is 0.